The summed E-state index contributed by atoms with van der Waals surface area (Å²) in [5, 5.41) is 18.7. The maximum atomic E-state index is 10.7. The first-order valence-corrected chi connectivity index (χ1v) is 10.9. The minimum absolute atomic E-state index is 0.0498. The number of hydrogen-bond acceptors (Lipinski definition) is 4. The zero-order chi connectivity index (χ0) is 21.2. The number of phenols is 1. The van der Waals surface area contributed by atoms with Crippen molar-refractivity contribution in [1.82, 2.24) is 5.32 Å². The summed E-state index contributed by atoms with van der Waals surface area (Å²) in [7, 11) is 1.98. The Morgan fingerprint density at radius 2 is 1.96 bits per heavy atom. The molecular weight excluding hydrogens is 348 g/mol. The lowest BCUT2D eigenvalue weighted by molar-refractivity contribution is -0.0850. The van der Waals surface area contributed by atoms with Crippen molar-refractivity contribution in [3.63, 3.8) is 0 Å². The van der Waals surface area contributed by atoms with Gasteiger partial charge in [-0.15, -0.1) is 0 Å². The minimum Gasteiger partial charge on any atom is -0.508 e. The number of para-hydroxylation sites is 1. The summed E-state index contributed by atoms with van der Waals surface area (Å²) in [6, 6.07) is 7.59. The predicted molar refractivity (Wildman–Crippen MR) is 120 cm³/mol. The molecule has 0 amide bonds. The van der Waals surface area contributed by atoms with E-state index in [0.717, 1.165) is 37.0 Å². The Balaban J connectivity index is 0.00000190. The van der Waals surface area contributed by atoms with E-state index < -0.39 is 5.60 Å². The van der Waals surface area contributed by atoms with Crippen LogP contribution in [0.4, 0.5) is 0 Å². The minimum atomic E-state index is -0.700. The van der Waals surface area contributed by atoms with Crippen molar-refractivity contribution in [3.05, 3.63) is 42.0 Å². The van der Waals surface area contributed by atoms with Crippen LogP contribution in [0.25, 0.3) is 0 Å². The molecule has 0 bridgehead atoms. The summed E-state index contributed by atoms with van der Waals surface area (Å²) in [6.45, 7) is 12.7. The Kier molecular flexibility index (Phi) is 10.3. The van der Waals surface area contributed by atoms with Crippen molar-refractivity contribution in [2.24, 2.45) is 17.0 Å². The van der Waals surface area contributed by atoms with Gasteiger partial charge in [-0.1, -0.05) is 76.9 Å². The number of nitrogens with zero attached hydrogens (tertiary/aromatic N) is 1. The molecule has 0 saturated carbocycles. The molecule has 1 aliphatic heterocycles. The molecular formula is C24H40N2O2. The highest BCUT2D eigenvalue weighted by atomic mass is 16.7. The van der Waals surface area contributed by atoms with Crippen LogP contribution in [0.5, 0.6) is 5.75 Å². The monoisotopic (exact) mass is 388 g/mol. The van der Waals surface area contributed by atoms with Crippen LogP contribution in [0.1, 0.15) is 72.8 Å². The topological polar surface area (TPSA) is 53.9 Å². The van der Waals surface area contributed by atoms with Gasteiger partial charge in [0, 0.05) is 5.56 Å². The van der Waals surface area contributed by atoms with E-state index in [2.05, 4.69) is 31.2 Å². The molecule has 4 unspecified atom stereocenters. The van der Waals surface area contributed by atoms with Gasteiger partial charge in [-0.2, -0.15) is 0 Å². The van der Waals surface area contributed by atoms with Crippen LogP contribution in [0.15, 0.2) is 41.6 Å². The summed E-state index contributed by atoms with van der Waals surface area (Å²) < 4.78 is 0. The first kappa shape index (κ1) is 24.2. The lowest BCUT2D eigenvalue weighted by Crippen LogP contribution is -2.53. The Morgan fingerprint density at radius 1 is 1.29 bits per heavy atom. The van der Waals surface area contributed by atoms with E-state index in [4.69, 9.17) is 4.84 Å². The average molecular weight is 389 g/mol. The van der Waals surface area contributed by atoms with Crippen molar-refractivity contribution >= 4 is 5.71 Å². The largest absolute Gasteiger partial charge is 0.508 e. The Morgan fingerprint density at radius 3 is 2.50 bits per heavy atom. The fourth-order valence-corrected chi connectivity index (χ4v) is 4.06. The molecule has 1 aromatic carbocycles. The van der Waals surface area contributed by atoms with E-state index in [0.29, 0.717) is 5.92 Å². The quantitative estimate of drug-likeness (QED) is 0.544. The van der Waals surface area contributed by atoms with Gasteiger partial charge in [-0.3, -0.25) is 0 Å². The molecule has 2 N–H and O–H groups in total. The summed E-state index contributed by atoms with van der Waals surface area (Å²) >= 11 is 0. The molecule has 1 aromatic rings. The molecule has 0 spiro atoms. The van der Waals surface area contributed by atoms with E-state index in [1.807, 2.05) is 58.2 Å². The zero-order valence-electron chi connectivity index (χ0n) is 18.8. The number of hydrogen-bond donors (Lipinski definition) is 2. The fraction of sp³-hybridized carbons (Fsp3) is 0.625. The molecule has 4 atom stereocenters. The normalized spacial score (nSPS) is 23.5. The van der Waals surface area contributed by atoms with Crippen molar-refractivity contribution < 1.29 is 9.94 Å². The number of aromatic hydroxyl groups is 1. The van der Waals surface area contributed by atoms with Crippen molar-refractivity contribution in [2.45, 2.75) is 78.9 Å². The molecule has 2 rings (SSSR count). The van der Waals surface area contributed by atoms with Crippen molar-refractivity contribution in [3.8, 4) is 5.75 Å². The smallest absolute Gasteiger partial charge is 0.189 e. The summed E-state index contributed by atoms with van der Waals surface area (Å²) in [4.78, 5) is 6.25. The number of phenolic OH excluding ortho intramolecular Hbond substituents is 1. The first-order valence-electron chi connectivity index (χ1n) is 10.9. The molecule has 0 radical (unpaired) electrons. The Bertz CT molecular complexity index is 641. The van der Waals surface area contributed by atoms with Gasteiger partial charge in [0.25, 0.3) is 0 Å². The maximum absolute atomic E-state index is 10.7. The third-order valence-electron chi connectivity index (χ3n) is 5.62. The van der Waals surface area contributed by atoms with E-state index in [1.54, 1.807) is 6.07 Å². The van der Waals surface area contributed by atoms with E-state index in [-0.39, 0.29) is 17.7 Å². The molecule has 1 aliphatic rings. The van der Waals surface area contributed by atoms with Crippen LogP contribution < -0.4 is 5.32 Å². The highest BCUT2D eigenvalue weighted by molar-refractivity contribution is 5.98. The second-order valence-electron chi connectivity index (χ2n) is 7.35. The van der Waals surface area contributed by atoms with Crippen molar-refractivity contribution in [2.75, 3.05) is 7.05 Å². The van der Waals surface area contributed by atoms with Crippen LogP contribution in [0.2, 0.25) is 0 Å². The van der Waals surface area contributed by atoms with Crippen LogP contribution in [-0.2, 0) is 10.4 Å². The number of rotatable bonds is 9. The summed E-state index contributed by atoms with van der Waals surface area (Å²) in [6.07, 6.45) is 8.10. The average Bonchev–Trinajstić information content (AvgIpc) is 3.07. The molecule has 0 fully saturated rings. The molecule has 0 aliphatic carbocycles. The molecule has 0 aromatic heterocycles. The van der Waals surface area contributed by atoms with Crippen LogP contribution >= 0.6 is 0 Å². The number of allylic oxidation sites excluding steroid dienone is 2. The van der Waals surface area contributed by atoms with Crippen LogP contribution in [-0.4, -0.2) is 23.9 Å². The maximum Gasteiger partial charge on any atom is 0.189 e. The van der Waals surface area contributed by atoms with Gasteiger partial charge in [-0.05, 0) is 44.9 Å². The highest BCUT2D eigenvalue weighted by Gasteiger charge is 2.55. The third-order valence-corrected chi connectivity index (χ3v) is 5.62. The standard InChI is InChI=1S/C22H34N2O2.C2H6/c1-6-11-17-19(12-7-2)24-26-22(17,18-13-9-10-14-20(18)25)21(23-5)15-16(4)8-3;1-2/h7,9-10,12-14,16-17,21,23,25H,6,8,11,15H2,1-5H3;1-2H3/b12-7+;. The molecule has 4 heteroatoms. The van der Waals surface area contributed by atoms with Gasteiger partial charge in [0.1, 0.15) is 5.75 Å². The van der Waals surface area contributed by atoms with Crippen molar-refractivity contribution in [1.29, 1.82) is 0 Å². The fourth-order valence-electron chi connectivity index (χ4n) is 4.06. The van der Waals surface area contributed by atoms with Gasteiger partial charge in [-0.25, -0.2) is 0 Å². The van der Waals surface area contributed by atoms with Gasteiger partial charge in [0.05, 0.1) is 17.7 Å². The van der Waals surface area contributed by atoms with E-state index in [9.17, 15) is 5.11 Å². The number of oxime groups is 1. The zero-order valence-corrected chi connectivity index (χ0v) is 18.8. The van der Waals surface area contributed by atoms with E-state index in [1.165, 1.54) is 0 Å². The van der Waals surface area contributed by atoms with Gasteiger partial charge >= 0.3 is 0 Å². The number of benzene rings is 1. The molecule has 158 valence electrons. The number of nitrogens with one attached hydrogen (secondary N) is 1. The molecule has 1 heterocycles. The SMILES string of the molecule is C/C=C/C1=NOC(c2ccccc2O)(C(CC(C)CC)NC)C1CCC.CC. The summed E-state index contributed by atoms with van der Waals surface area (Å²) in [5.74, 6) is 0.917. The number of likely N-dealkylation sites (N-methyl/N-ethyl adjacent to an activating group) is 1. The third kappa shape index (κ3) is 4.96. The molecule has 28 heavy (non-hydrogen) atoms. The second kappa shape index (κ2) is 11.9. The second-order valence-corrected chi connectivity index (χ2v) is 7.35. The van der Waals surface area contributed by atoms with Gasteiger partial charge < -0.3 is 15.3 Å². The Hall–Kier alpha value is -1.81. The van der Waals surface area contributed by atoms with Crippen LogP contribution in [0, 0.1) is 11.8 Å². The Labute approximate surface area is 172 Å². The molecule has 4 nitrogen and oxygen atoms in total. The van der Waals surface area contributed by atoms with Crippen LogP contribution in [0.3, 0.4) is 0 Å². The predicted octanol–water partition coefficient (Wildman–Crippen LogP) is 6.02. The lowest BCUT2D eigenvalue weighted by Gasteiger charge is -2.41. The van der Waals surface area contributed by atoms with Gasteiger partial charge in [0.15, 0.2) is 5.60 Å². The molecule has 0 saturated heterocycles. The van der Waals surface area contributed by atoms with E-state index >= 15 is 0 Å². The van der Waals surface area contributed by atoms with Gasteiger partial charge in [0.2, 0.25) is 0 Å². The highest BCUT2D eigenvalue weighted by Crippen LogP contribution is 2.49. The summed E-state index contributed by atoms with van der Waals surface area (Å²) in [5.41, 5.74) is 1.08. The lowest BCUT2D eigenvalue weighted by atomic mass is 9.69. The first-order chi connectivity index (χ1) is 13.5.